The minimum Gasteiger partial charge on any atom is -0.282 e. The van der Waals surface area contributed by atoms with Crippen LogP contribution in [0.25, 0.3) is 16.5 Å². The van der Waals surface area contributed by atoms with Crippen LogP contribution in [0.3, 0.4) is 0 Å². The Labute approximate surface area is 123 Å². The number of aryl methyl sites for hydroxylation is 1. The quantitative estimate of drug-likeness (QED) is 0.714. The molecule has 3 nitrogen and oxygen atoms in total. The fourth-order valence-electron chi connectivity index (χ4n) is 2.69. The molecule has 2 aromatic heterocycles. The third kappa shape index (κ3) is 2.25. The molecule has 0 aliphatic rings. The van der Waals surface area contributed by atoms with Crippen LogP contribution in [0.15, 0.2) is 53.6 Å². The molecule has 3 heteroatoms. The fourth-order valence-corrected chi connectivity index (χ4v) is 2.69. The van der Waals surface area contributed by atoms with Crippen LogP contribution in [0.4, 0.5) is 0 Å². The molecular weight excluding hydrogens is 260 g/mol. The molecule has 0 radical (unpaired) electrons. The summed E-state index contributed by atoms with van der Waals surface area (Å²) in [6, 6.07) is 11.6. The van der Waals surface area contributed by atoms with E-state index in [1.54, 1.807) is 10.8 Å². The molecule has 0 atom stereocenters. The normalized spacial score (nSPS) is 11.2. The zero-order valence-electron chi connectivity index (χ0n) is 12.5. The summed E-state index contributed by atoms with van der Waals surface area (Å²) >= 11 is 0. The molecule has 0 aliphatic carbocycles. The van der Waals surface area contributed by atoms with Crippen LogP contribution in [0.5, 0.6) is 0 Å². The number of hydrogen-bond donors (Lipinski definition) is 0. The van der Waals surface area contributed by atoms with Crippen LogP contribution in [-0.2, 0) is 0 Å². The average Bonchev–Trinajstić information content (AvgIpc) is 2.48. The van der Waals surface area contributed by atoms with Crippen molar-refractivity contribution in [3.63, 3.8) is 0 Å². The van der Waals surface area contributed by atoms with Gasteiger partial charge in [-0.1, -0.05) is 32.0 Å². The van der Waals surface area contributed by atoms with E-state index >= 15 is 0 Å². The molecule has 21 heavy (non-hydrogen) atoms. The molecule has 0 spiro atoms. The largest absolute Gasteiger partial charge is 0.282 e. The van der Waals surface area contributed by atoms with Crippen LogP contribution >= 0.6 is 0 Å². The fraction of sp³-hybridized carbons (Fsp3) is 0.222. The molecule has 2 heterocycles. The van der Waals surface area contributed by atoms with Crippen molar-refractivity contribution in [2.45, 2.75) is 26.7 Å². The maximum atomic E-state index is 12.8. The Morgan fingerprint density at radius 1 is 1.05 bits per heavy atom. The molecule has 0 unspecified atom stereocenters. The summed E-state index contributed by atoms with van der Waals surface area (Å²) in [5.41, 5.74) is 2.87. The maximum absolute atomic E-state index is 12.8. The summed E-state index contributed by atoms with van der Waals surface area (Å²) in [5.74, 6) is 0.346. The first-order valence-corrected chi connectivity index (χ1v) is 7.16. The number of nitrogens with zero attached hydrogens (tertiary/aromatic N) is 2. The van der Waals surface area contributed by atoms with Crippen LogP contribution in [0.2, 0.25) is 0 Å². The zero-order chi connectivity index (χ0) is 15.0. The van der Waals surface area contributed by atoms with Gasteiger partial charge in [0.15, 0.2) is 0 Å². The Morgan fingerprint density at radius 2 is 1.76 bits per heavy atom. The Bertz CT molecular complexity index is 862. The molecule has 1 aromatic carbocycles. The van der Waals surface area contributed by atoms with E-state index in [-0.39, 0.29) is 5.56 Å². The number of pyridine rings is 2. The highest BCUT2D eigenvalue weighted by Crippen LogP contribution is 2.24. The summed E-state index contributed by atoms with van der Waals surface area (Å²) in [7, 11) is 0. The van der Waals surface area contributed by atoms with Gasteiger partial charge in [-0.15, -0.1) is 0 Å². The minimum absolute atomic E-state index is 0.00565. The standard InChI is InChI=1S/C18H18N2O/c1-12(2)16-11-20(17-9-6-10-19-13(17)3)18(21)15-8-5-4-7-14(15)16/h4-12H,1-3H3. The molecule has 0 N–H and O–H groups in total. The molecule has 3 aromatic rings. The smallest absolute Gasteiger partial charge is 0.263 e. The van der Waals surface area contributed by atoms with E-state index in [0.717, 1.165) is 22.2 Å². The first-order chi connectivity index (χ1) is 10.1. The van der Waals surface area contributed by atoms with Crippen molar-refractivity contribution in [2.75, 3.05) is 0 Å². The van der Waals surface area contributed by atoms with Gasteiger partial charge in [0.25, 0.3) is 5.56 Å². The van der Waals surface area contributed by atoms with E-state index in [9.17, 15) is 4.79 Å². The Hall–Kier alpha value is -2.42. The van der Waals surface area contributed by atoms with Crippen LogP contribution in [-0.4, -0.2) is 9.55 Å². The Morgan fingerprint density at radius 3 is 2.43 bits per heavy atom. The lowest BCUT2D eigenvalue weighted by Crippen LogP contribution is -2.20. The van der Waals surface area contributed by atoms with Gasteiger partial charge in [-0.2, -0.15) is 0 Å². The van der Waals surface area contributed by atoms with Crippen LogP contribution in [0, 0.1) is 6.92 Å². The SMILES string of the molecule is Cc1ncccc1-n1cc(C(C)C)c2ccccc2c1=O. The van der Waals surface area contributed by atoms with E-state index in [1.807, 2.05) is 49.5 Å². The van der Waals surface area contributed by atoms with Gasteiger partial charge in [-0.25, -0.2) is 0 Å². The van der Waals surface area contributed by atoms with Crippen molar-refractivity contribution in [2.24, 2.45) is 0 Å². The van der Waals surface area contributed by atoms with Gasteiger partial charge in [-0.05, 0) is 42.0 Å². The molecule has 0 amide bonds. The van der Waals surface area contributed by atoms with Gasteiger partial charge in [0.2, 0.25) is 0 Å². The van der Waals surface area contributed by atoms with Crippen molar-refractivity contribution in [3.05, 3.63) is 70.4 Å². The third-order valence-corrected chi connectivity index (χ3v) is 3.82. The monoisotopic (exact) mass is 278 g/mol. The highest BCUT2D eigenvalue weighted by atomic mass is 16.1. The van der Waals surface area contributed by atoms with Crippen molar-refractivity contribution in [3.8, 4) is 5.69 Å². The molecule has 0 saturated heterocycles. The van der Waals surface area contributed by atoms with Crippen LogP contribution in [0.1, 0.15) is 31.0 Å². The van der Waals surface area contributed by atoms with E-state index in [4.69, 9.17) is 0 Å². The van der Waals surface area contributed by atoms with Crippen molar-refractivity contribution in [1.29, 1.82) is 0 Å². The van der Waals surface area contributed by atoms with Gasteiger partial charge >= 0.3 is 0 Å². The van der Waals surface area contributed by atoms with Crippen LogP contribution < -0.4 is 5.56 Å². The summed E-state index contributed by atoms with van der Waals surface area (Å²) in [5, 5.41) is 1.79. The number of benzene rings is 1. The summed E-state index contributed by atoms with van der Waals surface area (Å²) in [6.45, 7) is 6.21. The van der Waals surface area contributed by atoms with E-state index in [2.05, 4.69) is 18.8 Å². The maximum Gasteiger partial charge on any atom is 0.263 e. The topological polar surface area (TPSA) is 34.9 Å². The summed E-state index contributed by atoms with van der Waals surface area (Å²) < 4.78 is 1.72. The predicted molar refractivity (Wildman–Crippen MR) is 86.2 cm³/mol. The van der Waals surface area contributed by atoms with Gasteiger partial charge < -0.3 is 0 Å². The van der Waals surface area contributed by atoms with Gasteiger partial charge in [-0.3, -0.25) is 14.3 Å². The van der Waals surface area contributed by atoms with Crippen molar-refractivity contribution in [1.82, 2.24) is 9.55 Å². The molecule has 0 aliphatic heterocycles. The van der Waals surface area contributed by atoms with Gasteiger partial charge in [0.05, 0.1) is 11.4 Å². The number of fused-ring (bicyclic) bond motifs is 1. The zero-order valence-corrected chi connectivity index (χ0v) is 12.5. The number of rotatable bonds is 2. The van der Waals surface area contributed by atoms with Crippen molar-refractivity contribution >= 4 is 10.8 Å². The lowest BCUT2D eigenvalue weighted by Gasteiger charge is -2.15. The second-order valence-electron chi connectivity index (χ2n) is 5.57. The minimum atomic E-state index is 0.00565. The lowest BCUT2D eigenvalue weighted by molar-refractivity contribution is 0.845. The first-order valence-electron chi connectivity index (χ1n) is 7.16. The molecular formula is C18H18N2O. The second kappa shape index (κ2) is 5.17. The third-order valence-electron chi connectivity index (χ3n) is 3.82. The molecule has 0 saturated carbocycles. The Kier molecular flexibility index (Phi) is 3.34. The predicted octanol–water partition coefficient (Wildman–Crippen LogP) is 3.82. The average molecular weight is 278 g/mol. The second-order valence-corrected chi connectivity index (χ2v) is 5.57. The Balaban J connectivity index is 2.43. The lowest BCUT2D eigenvalue weighted by atomic mass is 9.98. The molecule has 106 valence electrons. The molecule has 0 fully saturated rings. The van der Waals surface area contributed by atoms with Gasteiger partial charge in [0.1, 0.15) is 0 Å². The number of hydrogen-bond acceptors (Lipinski definition) is 2. The van der Waals surface area contributed by atoms with Crippen molar-refractivity contribution < 1.29 is 0 Å². The van der Waals surface area contributed by atoms with E-state index < -0.39 is 0 Å². The summed E-state index contributed by atoms with van der Waals surface area (Å²) in [4.78, 5) is 17.1. The van der Waals surface area contributed by atoms with Gasteiger partial charge in [0, 0.05) is 17.8 Å². The highest BCUT2D eigenvalue weighted by Gasteiger charge is 2.13. The number of aromatic nitrogens is 2. The van der Waals surface area contributed by atoms with E-state index in [0.29, 0.717) is 5.92 Å². The van der Waals surface area contributed by atoms with E-state index in [1.165, 1.54) is 5.56 Å². The summed E-state index contributed by atoms with van der Waals surface area (Å²) in [6.07, 6.45) is 3.70. The highest BCUT2D eigenvalue weighted by molar-refractivity contribution is 5.85. The molecule has 3 rings (SSSR count). The first kappa shape index (κ1) is 13.6. The molecule has 0 bridgehead atoms.